The molecule has 0 aromatic heterocycles. The summed E-state index contributed by atoms with van der Waals surface area (Å²) in [5.74, 6) is -2.76. The Morgan fingerprint density at radius 2 is 2.00 bits per heavy atom. The molecule has 0 aliphatic carbocycles. The van der Waals surface area contributed by atoms with Crippen LogP contribution < -0.4 is 5.73 Å². The molecule has 1 heterocycles. The number of aliphatic carboxylic acids is 2. The van der Waals surface area contributed by atoms with Crippen molar-refractivity contribution in [2.24, 2.45) is 5.73 Å². The van der Waals surface area contributed by atoms with Crippen molar-refractivity contribution in [1.82, 2.24) is 4.90 Å². The Labute approximate surface area is 103 Å². The van der Waals surface area contributed by atoms with Crippen molar-refractivity contribution in [3.8, 4) is 0 Å². The van der Waals surface area contributed by atoms with Crippen LogP contribution in [0.5, 0.6) is 0 Å². The maximum Gasteiger partial charge on any atom is 0.305 e. The highest BCUT2D eigenvalue weighted by molar-refractivity contribution is 5.86. The first-order valence-corrected chi connectivity index (χ1v) is 5.49. The van der Waals surface area contributed by atoms with Gasteiger partial charge in [0.15, 0.2) is 0 Å². The zero-order chi connectivity index (χ0) is 13.7. The van der Waals surface area contributed by atoms with Crippen LogP contribution in [0, 0.1) is 0 Å². The van der Waals surface area contributed by atoms with Gasteiger partial charge in [0.1, 0.15) is 0 Å². The van der Waals surface area contributed by atoms with Gasteiger partial charge in [-0.1, -0.05) is 0 Å². The molecule has 1 saturated heterocycles. The molecule has 8 heteroatoms. The van der Waals surface area contributed by atoms with Crippen molar-refractivity contribution in [2.45, 2.75) is 24.9 Å². The lowest BCUT2D eigenvalue weighted by molar-refractivity contribution is -0.150. The zero-order valence-corrected chi connectivity index (χ0v) is 9.74. The Hall–Kier alpha value is -1.67. The number of morpholine rings is 1. The number of carboxylic acid groups (broad SMARTS) is 2. The van der Waals surface area contributed by atoms with Gasteiger partial charge in [-0.15, -0.1) is 0 Å². The first-order chi connectivity index (χ1) is 8.41. The van der Waals surface area contributed by atoms with E-state index in [1.807, 2.05) is 0 Å². The molecule has 2 atom stereocenters. The fourth-order valence-corrected chi connectivity index (χ4v) is 1.80. The van der Waals surface area contributed by atoms with E-state index in [0.29, 0.717) is 6.61 Å². The number of carboxylic acids is 2. The molecule has 1 aliphatic heterocycles. The van der Waals surface area contributed by atoms with Crippen LogP contribution >= 0.6 is 0 Å². The molecule has 0 aromatic carbocycles. The topological polar surface area (TPSA) is 130 Å². The standard InChI is InChI=1S/C10H16N2O6/c11-7(4-9(15)16)10(17)12-1-2-18-5-6(12)3-8(13)14/h6-7H,1-5,11H2,(H,13,14)(H,15,16). The van der Waals surface area contributed by atoms with Gasteiger partial charge < -0.3 is 25.6 Å². The minimum atomic E-state index is -1.17. The second kappa shape index (κ2) is 6.31. The lowest BCUT2D eigenvalue weighted by Gasteiger charge is -2.36. The van der Waals surface area contributed by atoms with Gasteiger partial charge in [-0.05, 0) is 0 Å². The molecule has 1 amide bonds. The van der Waals surface area contributed by atoms with Crippen molar-refractivity contribution in [1.29, 1.82) is 0 Å². The number of hydrogen-bond acceptors (Lipinski definition) is 5. The second-order valence-electron chi connectivity index (χ2n) is 4.06. The van der Waals surface area contributed by atoms with E-state index < -0.39 is 36.4 Å². The van der Waals surface area contributed by atoms with E-state index in [1.54, 1.807) is 0 Å². The molecule has 0 saturated carbocycles. The minimum absolute atomic E-state index is 0.123. The van der Waals surface area contributed by atoms with Gasteiger partial charge in [-0.2, -0.15) is 0 Å². The Kier molecular flexibility index (Phi) is 5.05. The van der Waals surface area contributed by atoms with Gasteiger partial charge in [0.2, 0.25) is 5.91 Å². The van der Waals surface area contributed by atoms with E-state index in [1.165, 1.54) is 4.90 Å². The Bertz CT molecular complexity index is 345. The number of hydrogen-bond donors (Lipinski definition) is 3. The molecule has 1 rings (SSSR count). The molecular weight excluding hydrogens is 244 g/mol. The summed E-state index contributed by atoms with van der Waals surface area (Å²) in [7, 11) is 0. The summed E-state index contributed by atoms with van der Waals surface area (Å²) in [6, 6.07) is -1.75. The lowest BCUT2D eigenvalue weighted by Crippen LogP contribution is -2.55. The van der Waals surface area contributed by atoms with E-state index in [9.17, 15) is 14.4 Å². The van der Waals surface area contributed by atoms with Crippen LogP contribution in [0.3, 0.4) is 0 Å². The third kappa shape index (κ3) is 3.97. The molecule has 0 bridgehead atoms. The smallest absolute Gasteiger partial charge is 0.305 e. The molecule has 0 radical (unpaired) electrons. The van der Waals surface area contributed by atoms with Crippen LogP contribution in [0.25, 0.3) is 0 Å². The summed E-state index contributed by atoms with van der Waals surface area (Å²) in [5, 5.41) is 17.3. The summed E-state index contributed by atoms with van der Waals surface area (Å²) in [6.45, 7) is 0.642. The Morgan fingerprint density at radius 1 is 1.33 bits per heavy atom. The first kappa shape index (κ1) is 14.4. The fourth-order valence-electron chi connectivity index (χ4n) is 1.80. The van der Waals surface area contributed by atoms with E-state index in [0.717, 1.165) is 0 Å². The second-order valence-corrected chi connectivity index (χ2v) is 4.06. The predicted octanol–water partition coefficient (Wildman–Crippen LogP) is -1.51. The maximum atomic E-state index is 11.9. The van der Waals surface area contributed by atoms with Gasteiger partial charge in [0, 0.05) is 6.54 Å². The van der Waals surface area contributed by atoms with Gasteiger partial charge in [-0.25, -0.2) is 0 Å². The van der Waals surface area contributed by atoms with Crippen molar-refractivity contribution < 1.29 is 29.3 Å². The van der Waals surface area contributed by atoms with Crippen molar-refractivity contribution in [3.63, 3.8) is 0 Å². The molecule has 102 valence electrons. The lowest BCUT2D eigenvalue weighted by atomic mass is 10.1. The van der Waals surface area contributed by atoms with Gasteiger partial charge in [-0.3, -0.25) is 14.4 Å². The number of carbonyl (C=O) groups is 3. The number of nitrogens with two attached hydrogens (primary N) is 1. The summed E-state index contributed by atoms with van der Waals surface area (Å²) in [5.41, 5.74) is 5.48. The molecule has 1 aliphatic rings. The summed E-state index contributed by atoms with van der Waals surface area (Å²) < 4.78 is 5.11. The van der Waals surface area contributed by atoms with Crippen LogP contribution in [0.1, 0.15) is 12.8 Å². The average molecular weight is 260 g/mol. The number of nitrogens with zero attached hydrogens (tertiary/aromatic N) is 1. The van der Waals surface area contributed by atoms with Crippen LogP contribution in [0.2, 0.25) is 0 Å². The van der Waals surface area contributed by atoms with E-state index in [2.05, 4.69) is 0 Å². The van der Waals surface area contributed by atoms with Crippen LogP contribution in [-0.2, 0) is 19.1 Å². The highest BCUT2D eigenvalue weighted by Gasteiger charge is 2.32. The highest BCUT2D eigenvalue weighted by atomic mass is 16.5. The van der Waals surface area contributed by atoms with Gasteiger partial charge in [0.25, 0.3) is 0 Å². The third-order valence-electron chi connectivity index (χ3n) is 2.63. The van der Waals surface area contributed by atoms with Gasteiger partial charge in [0.05, 0.1) is 38.1 Å². The average Bonchev–Trinajstić information content (AvgIpc) is 2.27. The number of carbonyl (C=O) groups excluding carboxylic acids is 1. The first-order valence-electron chi connectivity index (χ1n) is 5.49. The SMILES string of the molecule is NC(CC(=O)O)C(=O)N1CCOCC1CC(=O)O. The molecule has 18 heavy (non-hydrogen) atoms. The van der Waals surface area contributed by atoms with Crippen molar-refractivity contribution >= 4 is 17.8 Å². The molecule has 0 aromatic rings. The largest absolute Gasteiger partial charge is 0.481 e. The van der Waals surface area contributed by atoms with E-state index in [4.69, 9.17) is 20.7 Å². The number of rotatable bonds is 5. The Morgan fingerprint density at radius 3 is 2.56 bits per heavy atom. The molecule has 8 nitrogen and oxygen atoms in total. The number of ether oxygens (including phenoxy) is 1. The third-order valence-corrected chi connectivity index (χ3v) is 2.63. The Balaban J connectivity index is 2.67. The summed E-state index contributed by atoms with van der Waals surface area (Å²) in [4.78, 5) is 34.4. The molecule has 4 N–H and O–H groups in total. The number of amides is 1. The maximum absolute atomic E-state index is 11.9. The van der Waals surface area contributed by atoms with Crippen LogP contribution in [-0.4, -0.2) is 64.8 Å². The van der Waals surface area contributed by atoms with Crippen molar-refractivity contribution in [3.05, 3.63) is 0 Å². The zero-order valence-electron chi connectivity index (χ0n) is 9.74. The van der Waals surface area contributed by atoms with E-state index in [-0.39, 0.29) is 19.6 Å². The normalized spacial score (nSPS) is 21.4. The fraction of sp³-hybridized carbons (Fsp3) is 0.700. The van der Waals surface area contributed by atoms with Crippen molar-refractivity contribution in [2.75, 3.05) is 19.8 Å². The van der Waals surface area contributed by atoms with E-state index >= 15 is 0 Å². The summed E-state index contributed by atoms with van der Waals surface area (Å²) in [6.07, 6.45) is -0.721. The molecule has 2 unspecified atom stereocenters. The molecule has 1 fully saturated rings. The van der Waals surface area contributed by atoms with Gasteiger partial charge >= 0.3 is 11.9 Å². The minimum Gasteiger partial charge on any atom is -0.481 e. The van der Waals surface area contributed by atoms with Crippen LogP contribution in [0.15, 0.2) is 0 Å². The quantitative estimate of drug-likeness (QED) is 0.547. The summed E-state index contributed by atoms with van der Waals surface area (Å²) >= 11 is 0. The predicted molar refractivity (Wildman–Crippen MR) is 58.8 cm³/mol. The highest BCUT2D eigenvalue weighted by Crippen LogP contribution is 2.12. The monoisotopic (exact) mass is 260 g/mol. The molecule has 0 spiro atoms. The molecular formula is C10H16N2O6. The van der Waals surface area contributed by atoms with Crippen LogP contribution in [0.4, 0.5) is 0 Å².